The molecule has 0 aliphatic carbocycles. The molecule has 0 bridgehead atoms. The van der Waals surface area contributed by atoms with E-state index in [1.807, 2.05) is 18.2 Å². The van der Waals surface area contributed by atoms with Gasteiger partial charge >= 0.3 is 0 Å². The second-order valence-electron chi connectivity index (χ2n) is 6.03. The second kappa shape index (κ2) is 10.9. The number of sulfonamides is 1. The highest BCUT2D eigenvalue weighted by atomic mass is 35.5. The van der Waals surface area contributed by atoms with Gasteiger partial charge in [-0.2, -0.15) is 16.1 Å². The van der Waals surface area contributed by atoms with Crippen LogP contribution in [0.2, 0.25) is 5.02 Å². The summed E-state index contributed by atoms with van der Waals surface area (Å²) in [6.07, 6.45) is 0. The van der Waals surface area contributed by atoms with Crippen LogP contribution in [0.15, 0.2) is 53.4 Å². The molecule has 1 N–H and O–H groups in total. The Morgan fingerprint density at radius 3 is 2.43 bits per heavy atom. The number of amides is 1. The van der Waals surface area contributed by atoms with Gasteiger partial charge in [-0.3, -0.25) is 4.79 Å². The second-order valence-corrected chi connectivity index (χ2v) is 9.48. The fraction of sp³-hybridized carbons (Fsp3) is 0.350. The predicted octanol–water partition coefficient (Wildman–Crippen LogP) is 4.03. The van der Waals surface area contributed by atoms with Crippen LogP contribution in [0, 0.1) is 0 Å². The van der Waals surface area contributed by atoms with Crippen molar-refractivity contribution in [3.05, 3.63) is 64.7 Å². The third-order valence-corrected chi connectivity index (χ3v) is 7.57. The van der Waals surface area contributed by atoms with Crippen molar-refractivity contribution in [2.24, 2.45) is 0 Å². The van der Waals surface area contributed by atoms with E-state index in [0.29, 0.717) is 19.6 Å². The van der Waals surface area contributed by atoms with Crippen molar-refractivity contribution in [3.8, 4) is 0 Å². The van der Waals surface area contributed by atoms with E-state index in [4.69, 9.17) is 11.6 Å². The van der Waals surface area contributed by atoms with E-state index in [1.54, 1.807) is 25.6 Å². The molecule has 28 heavy (non-hydrogen) atoms. The van der Waals surface area contributed by atoms with Crippen molar-refractivity contribution in [2.75, 3.05) is 25.4 Å². The quantitative estimate of drug-likeness (QED) is 0.566. The molecular weight excluding hydrogens is 416 g/mol. The lowest BCUT2D eigenvalue weighted by molar-refractivity contribution is 0.0956. The molecular formula is C20H25ClN2O3S2. The molecule has 0 atom stereocenters. The van der Waals surface area contributed by atoms with Gasteiger partial charge in [-0.25, -0.2) is 8.42 Å². The molecule has 5 nitrogen and oxygen atoms in total. The van der Waals surface area contributed by atoms with Gasteiger partial charge in [0.05, 0.1) is 15.5 Å². The zero-order chi connectivity index (χ0) is 20.6. The number of rotatable bonds is 10. The maximum atomic E-state index is 12.7. The summed E-state index contributed by atoms with van der Waals surface area (Å²) >= 11 is 7.85. The number of nitrogens with one attached hydrogen (secondary N) is 1. The smallest absolute Gasteiger partial charge is 0.252 e. The molecule has 2 aromatic carbocycles. The maximum absolute atomic E-state index is 12.7. The highest BCUT2D eigenvalue weighted by Crippen LogP contribution is 2.23. The molecule has 0 aliphatic heterocycles. The Hall–Kier alpha value is -1.54. The maximum Gasteiger partial charge on any atom is 0.252 e. The molecule has 0 fully saturated rings. The molecule has 8 heteroatoms. The normalized spacial score (nSPS) is 11.6. The minimum Gasteiger partial charge on any atom is -0.351 e. The summed E-state index contributed by atoms with van der Waals surface area (Å²) in [4.78, 5) is 12.5. The number of benzene rings is 2. The van der Waals surface area contributed by atoms with E-state index in [9.17, 15) is 13.2 Å². The van der Waals surface area contributed by atoms with E-state index in [0.717, 1.165) is 11.5 Å². The largest absolute Gasteiger partial charge is 0.351 e. The van der Waals surface area contributed by atoms with E-state index in [2.05, 4.69) is 17.4 Å². The van der Waals surface area contributed by atoms with Gasteiger partial charge < -0.3 is 5.32 Å². The number of carbonyl (C=O) groups excluding carboxylic acids is 1. The molecule has 2 rings (SSSR count). The molecule has 0 radical (unpaired) electrons. The first-order chi connectivity index (χ1) is 13.4. The van der Waals surface area contributed by atoms with Crippen LogP contribution >= 0.6 is 23.4 Å². The van der Waals surface area contributed by atoms with Gasteiger partial charge in [0.15, 0.2) is 0 Å². The molecule has 0 saturated heterocycles. The van der Waals surface area contributed by atoms with Gasteiger partial charge in [-0.15, -0.1) is 0 Å². The number of hydrogen-bond donors (Lipinski definition) is 1. The van der Waals surface area contributed by atoms with Crippen molar-refractivity contribution in [1.29, 1.82) is 0 Å². The van der Waals surface area contributed by atoms with Crippen LogP contribution in [0.4, 0.5) is 0 Å². The van der Waals surface area contributed by atoms with Gasteiger partial charge in [0.2, 0.25) is 10.0 Å². The lowest BCUT2D eigenvalue weighted by Gasteiger charge is -2.19. The van der Waals surface area contributed by atoms with Crippen LogP contribution in [-0.2, 0) is 15.8 Å². The van der Waals surface area contributed by atoms with Crippen molar-refractivity contribution in [2.45, 2.75) is 24.5 Å². The molecule has 0 heterocycles. The summed E-state index contributed by atoms with van der Waals surface area (Å²) in [6.45, 7) is 4.75. The molecule has 152 valence electrons. The third-order valence-electron chi connectivity index (χ3n) is 4.17. The Balaban J connectivity index is 1.97. The van der Waals surface area contributed by atoms with Crippen molar-refractivity contribution < 1.29 is 13.2 Å². The van der Waals surface area contributed by atoms with Crippen LogP contribution < -0.4 is 5.32 Å². The predicted molar refractivity (Wildman–Crippen MR) is 116 cm³/mol. The molecule has 2 aromatic rings. The summed E-state index contributed by atoms with van der Waals surface area (Å²) in [5.41, 5.74) is 1.40. The van der Waals surface area contributed by atoms with Crippen LogP contribution in [0.5, 0.6) is 0 Å². The molecule has 0 saturated carbocycles. The standard InChI is InChI=1S/C20H25ClN2O3S2/c1-3-23(4-2)28(25,26)17-10-11-19(21)18(14-17)20(24)22-12-13-27-15-16-8-6-5-7-9-16/h5-11,14H,3-4,12-13,15H2,1-2H3,(H,22,24). The number of thioether (sulfide) groups is 1. The minimum atomic E-state index is -3.64. The molecule has 0 aliphatic rings. The van der Waals surface area contributed by atoms with Gasteiger partial charge in [0.1, 0.15) is 0 Å². The third kappa shape index (κ3) is 5.98. The molecule has 0 unspecified atom stereocenters. The van der Waals surface area contributed by atoms with Gasteiger partial charge in [0.25, 0.3) is 5.91 Å². The van der Waals surface area contributed by atoms with Crippen LogP contribution in [0.3, 0.4) is 0 Å². The van der Waals surface area contributed by atoms with Crippen molar-refractivity contribution in [3.63, 3.8) is 0 Å². The Kier molecular flexibility index (Phi) is 8.82. The Bertz CT molecular complexity index is 886. The lowest BCUT2D eigenvalue weighted by atomic mass is 10.2. The van der Waals surface area contributed by atoms with E-state index < -0.39 is 10.0 Å². The Morgan fingerprint density at radius 1 is 1.11 bits per heavy atom. The summed E-state index contributed by atoms with van der Waals surface area (Å²) in [5.74, 6) is 1.24. The van der Waals surface area contributed by atoms with Gasteiger partial charge in [-0.05, 0) is 23.8 Å². The zero-order valence-corrected chi connectivity index (χ0v) is 18.4. The Labute approximate surface area is 176 Å². The average molecular weight is 441 g/mol. The van der Waals surface area contributed by atoms with E-state index >= 15 is 0 Å². The van der Waals surface area contributed by atoms with E-state index in [1.165, 1.54) is 28.1 Å². The fourth-order valence-electron chi connectivity index (χ4n) is 2.65. The first-order valence-electron chi connectivity index (χ1n) is 9.09. The summed E-state index contributed by atoms with van der Waals surface area (Å²) in [7, 11) is -3.64. The first kappa shape index (κ1) is 22.7. The SMILES string of the molecule is CCN(CC)S(=O)(=O)c1ccc(Cl)c(C(=O)NCCSCc2ccccc2)c1. The average Bonchev–Trinajstić information content (AvgIpc) is 2.69. The number of carbonyl (C=O) groups is 1. The number of hydrogen-bond acceptors (Lipinski definition) is 4. The van der Waals surface area contributed by atoms with Gasteiger partial charge in [0, 0.05) is 31.1 Å². The topological polar surface area (TPSA) is 66.5 Å². The molecule has 0 aromatic heterocycles. The lowest BCUT2D eigenvalue weighted by Crippen LogP contribution is -2.31. The molecule has 1 amide bonds. The first-order valence-corrected chi connectivity index (χ1v) is 12.1. The highest BCUT2D eigenvalue weighted by molar-refractivity contribution is 7.98. The summed E-state index contributed by atoms with van der Waals surface area (Å²) in [6, 6.07) is 14.3. The number of halogens is 1. The zero-order valence-electron chi connectivity index (χ0n) is 16.0. The minimum absolute atomic E-state index is 0.0733. The fourth-order valence-corrected chi connectivity index (χ4v) is 5.15. The van der Waals surface area contributed by atoms with Crippen molar-refractivity contribution in [1.82, 2.24) is 9.62 Å². The highest BCUT2D eigenvalue weighted by Gasteiger charge is 2.23. The van der Waals surface area contributed by atoms with Crippen LogP contribution in [0.1, 0.15) is 29.8 Å². The monoisotopic (exact) mass is 440 g/mol. The molecule has 0 spiro atoms. The Morgan fingerprint density at radius 2 is 1.79 bits per heavy atom. The summed E-state index contributed by atoms with van der Waals surface area (Å²) < 4.78 is 26.7. The van der Waals surface area contributed by atoms with Crippen LogP contribution in [0.25, 0.3) is 0 Å². The van der Waals surface area contributed by atoms with Crippen LogP contribution in [-0.4, -0.2) is 44.0 Å². The van der Waals surface area contributed by atoms with Crippen molar-refractivity contribution >= 4 is 39.3 Å². The van der Waals surface area contributed by atoms with Gasteiger partial charge in [-0.1, -0.05) is 55.8 Å². The number of nitrogens with zero attached hydrogens (tertiary/aromatic N) is 1. The van der Waals surface area contributed by atoms with E-state index in [-0.39, 0.29) is 21.4 Å². The summed E-state index contributed by atoms with van der Waals surface area (Å²) in [5, 5.41) is 3.04.